The van der Waals surface area contributed by atoms with Crippen molar-refractivity contribution < 1.29 is 9.47 Å². The van der Waals surface area contributed by atoms with Gasteiger partial charge in [-0.25, -0.2) is 9.97 Å². The Morgan fingerprint density at radius 2 is 1.67 bits per heavy atom. The number of para-hydroxylation sites is 1. The van der Waals surface area contributed by atoms with Crippen LogP contribution in [0.4, 0.5) is 5.95 Å². The van der Waals surface area contributed by atoms with Crippen LogP contribution in [0, 0.1) is 0 Å². The van der Waals surface area contributed by atoms with Crippen molar-refractivity contribution in [1.29, 1.82) is 0 Å². The number of fused-ring (bicyclic) bond motifs is 1. The molecule has 0 fully saturated rings. The van der Waals surface area contributed by atoms with E-state index in [1.807, 2.05) is 62.4 Å². The largest absolute Gasteiger partial charge is 0.493 e. The summed E-state index contributed by atoms with van der Waals surface area (Å²) >= 11 is 0. The molecule has 0 saturated heterocycles. The van der Waals surface area contributed by atoms with Crippen LogP contribution >= 0.6 is 0 Å². The third-order valence-corrected chi connectivity index (χ3v) is 3.50. The average Bonchev–Trinajstić information content (AvgIpc) is 2.56. The third kappa shape index (κ3) is 3.93. The Morgan fingerprint density at radius 1 is 0.958 bits per heavy atom. The van der Waals surface area contributed by atoms with Gasteiger partial charge in [0.1, 0.15) is 11.5 Å². The SMILES string of the molecule is CC(C)Oc1ccc(OCCc2nc(N)nc3ccccc23)cc1. The zero-order chi connectivity index (χ0) is 16.9. The summed E-state index contributed by atoms with van der Waals surface area (Å²) in [7, 11) is 0. The summed E-state index contributed by atoms with van der Waals surface area (Å²) < 4.78 is 11.4. The van der Waals surface area contributed by atoms with E-state index in [1.54, 1.807) is 0 Å². The molecule has 0 aliphatic carbocycles. The molecule has 0 bridgehead atoms. The van der Waals surface area contributed by atoms with Gasteiger partial charge in [-0.15, -0.1) is 0 Å². The van der Waals surface area contributed by atoms with Crippen molar-refractivity contribution in [2.75, 3.05) is 12.3 Å². The lowest BCUT2D eigenvalue weighted by Gasteiger charge is -2.11. The molecule has 3 rings (SSSR count). The molecule has 0 saturated carbocycles. The Bertz CT molecular complexity index is 816. The third-order valence-electron chi connectivity index (χ3n) is 3.50. The predicted octanol–water partition coefficient (Wildman–Crippen LogP) is 3.62. The van der Waals surface area contributed by atoms with E-state index in [4.69, 9.17) is 15.2 Å². The average molecular weight is 323 g/mol. The van der Waals surface area contributed by atoms with Crippen LogP contribution in [0.5, 0.6) is 11.5 Å². The zero-order valence-corrected chi connectivity index (χ0v) is 13.9. The fourth-order valence-corrected chi connectivity index (χ4v) is 2.50. The normalized spacial score (nSPS) is 11.0. The molecule has 2 N–H and O–H groups in total. The highest BCUT2D eigenvalue weighted by molar-refractivity contribution is 5.81. The number of hydrogen-bond acceptors (Lipinski definition) is 5. The molecule has 2 aromatic carbocycles. The van der Waals surface area contributed by atoms with Crippen molar-refractivity contribution in [3.8, 4) is 11.5 Å². The van der Waals surface area contributed by atoms with Gasteiger partial charge in [0.05, 0.1) is 23.9 Å². The number of aromatic nitrogens is 2. The Morgan fingerprint density at radius 3 is 2.42 bits per heavy atom. The Hall–Kier alpha value is -2.82. The molecule has 0 radical (unpaired) electrons. The highest BCUT2D eigenvalue weighted by atomic mass is 16.5. The molecule has 0 spiro atoms. The maximum atomic E-state index is 5.80. The number of nitrogens with two attached hydrogens (primary N) is 1. The van der Waals surface area contributed by atoms with E-state index in [-0.39, 0.29) is 6.10 Å². The number of nitrogen functional groups attached to an aromatic ring is 1. The smallest absolute Gasteiger partial charge is 0.220 e. The van der Waals surface area contributed by atoms with Gasteiger partial charge in [0, 0.05) is 11.8 Å². The van der Waals surface area contributed by atoms with E-state index >= 15 is 0 Å². The molecule has 5 nitrogen and oxygen atoms in total. The molecule has 0 atom stereocenters. The van der Waals surface area contributed by atoms with Crippen molar-refractivity contribution >= 4 is 16.9 Å². The van der Waals surface area contributed by atoms with Crippen molar-refractivity contribution in [2.24, 2.45) is 0 Å². The molecular formula is C19H21N3O2. The molecule has 0 unspecified atom stereocenters. The van der Waals surface area contributed by atoms with Crippen molar-refractivity contribution in [3.05, 3.63) is 54.2 Å². The summed E-state index contributed by atoms with van der Waals surface area (Å²) in [5, 5.41) is 1.01. The first-order chi connectivity index (χ1) is 11.6. The van der Waals surface area contributed by atoms with Crippen molar-refractivity contribution in [3.63, 3.8) is 0 Å². The lowest BCUT2D eigenvalue weighted by atomic mass is 10.1. The molecule has 0 amide bonds. The van der Waals surface area contributed by atoms with E-state index in [0.717, 1.165) is 28.1 Å². The van der Waals surface area contributed by atoms with E-state index in [0.29, 0.717) is 19.0 Å². The molecule has 3 aromatic rings. The lowest BCUT2D eigenvalue weighted by molar-refractivity contribution is 0.241. The van der Waals surface area contributed by atoms with Crippen LogP contribution < -0.4 is 15.2 Å². The summed E-state index contributed by atoms with van der Waals surface area (Å²) in [4.78, 5) is 8.59. The van der Waals surface area contributed by atoms with E-state index < -0.39 is 0 Å². The second-order valence-electron chi connectivity index (χ2n) is 5.78. The molecule has 1 heterocycles. The molecule has 24 heavy (non-hydrogen) atoms. The van der Waals surface area contributed by atoms with Gasteiger partial charge in [0.25, 0.3) is 0 Å². The first kappa shape index (κ1) is 16.1. The Labute approximate surface area is 141 Å². The van der Waals surface area contributed by atoms with Gasteiger partial charge in [-0.1, -0.05) is 18.2 Å². The van der Waals surface area contributed by atoms with Gasteiger partial charge < -0.3 is 15.2 Å². The maximum Gasteiger partial charge on any atom is 0.220 e. The first-order valence-electron chi connectivity index (χ1n) is 8.02. The number of ether oxygens (including phenoxy) is 2. The molecule has 124 valence electrons. The van der Waals surface area contributed by atoms with E-state index in [2.05, 4.69) is 9.97 Å². The molecule has 1 aromatic heterocycles. The van der Waals surface area contributed by atoms with Crippen molar-refractivity contribution in [1.82, 2.24) is 9.97 Å². The van der Waals surface area contributed by atoms with Gasteiger partial charge >= 0.3 is 0 Å². The highest BCUT2D eigenvalue weighted by Crippen LogP contribution is 2.20. The summed E-state index contributed by atoms with van der Waals surface area (Å²) in [6.07, 6.45) is 0.825. The van der Waals surface area contributed by atoms with E-state index in [9.17, 15) is 0 Å². The summed E-state index contributed by atoms with van der Waals surface area (Å²) in [5.74, 6) is 1.93. The second-order valence-corrected chi connectivity index (χ2v) is 5.78. The minimum absolute atomic E-state index is 0.160. The van der Waals surface area contributed by atoms with Crippen LogP contribution in [0.3, 0.4) is 0 Å². The van der Waals surface area contributed by atoms with E-state index in [1.165, 1.54) is 0 Å². The van der Waals surface area contributed by atoms with Crippen LogP contribution in [0.25, 0.3) is 10.9 Å². The zero-order valence-electron chi connectivity index (χ0n) is 13.9. The van der Waals surface area contributed by atoms with Gasteiger partial charge in [-0.2, -0.15) is 0 Å². The number of anilines is 1. The standard InChI is InChI=1S/C19H21N3O2/c1-13(2)24-15-9-7-14(8-10-15)23-12-11-18-16-5-3-4-6-17(16)21-19(20)22-18/h3-10,13H,11-12H2,1-2H3,(H2,20,21,22). The fourth-order valence-electron chi connectivity index (χ4n) is 2.50. The Kier molecular flexibility index (Phi) is 4.79. The van der Waals surface area contributed by atoms with Gasteiger partial charge in [-0.3, -0.25) is 0 Å². The van der Waals surface area contributed by atoms with Gasteiger partial charge in [-0.05, 0) is 44.2 Å². The monoisotopic (exact) mass is 323 g/mol. The molecular weight excluding hydrogens is 302 g/mol. The molecule has 0 aliphatic rings. The molecule has 0 aliphatic heterocycles. The maximum absolute atomic E-state index is 5.80. The minimum Gasteiger partial charge on any atom is -0.493 e. The van der Waals surface area contributed by atoms with Crippen LogP contribution in [-0.2, 0) is 6.42 Å². The van der Waals surface area contributed by atoms with Crippen molar-refractivity contribution in [2.45, 2.75) is 26.4 Å². The fraction of sp³-hybridized carbons (Fsp3) is 0.263. The number of rotatable bonds is 6. The van der Waals surface area contributed by atoms with Crippen LogP contribution in [0.15, 0.2) is 48.5 Å². The van der Waals surface area contributed by atoms with Crippen LogP contribution in [0.1, 0.15) is 19.5 Å². The summed E-state index contributed by atoms with van der Waals surface area (Å²) in [5.41, 5.74) is 7.54. The number of hydrogen-bond donors (Lipinski definition) is 1. The second kappa shape index (κ2) is 7.17. The lowest BCUT2D eigenvalue weighted by Crippen LogP contribution is -2.07. The number of benzene rings is 2. The summed E-state index contributed by atoms with van der Waals surface area (Å²) in [6, 6.07) is 15.5. The first-order valence-corrected chi connectivity index (χ1v) is 8.02. The Balaban J connectivity index is 1.64. The quantitative estimate of drug-likeness (QED) is 0.750. The predicted molar refractivity (Wildman–Crippen MR) is 95.4 cm³/mol. The van der Waals surface area contributed by atoms with Crippen LogP contribution in [0.2, 0.25) is 0 Å². The topological polar surface area (TPSA) is 70.3 Å². The highest BCUT2D eigenvalue weighted by Gasteiger charge is 2.06. The van der Waals surface area contributed by atoms with Gasteiger partial charge in [0.2, 0.25) is 5.95 Å². The minimum atomic E-state index is 0.160. The summed E-state index contributed by atoms with van der Waals surface area (Å²) in [6.45, 7) is 4.52. The van der Waals surface area contributed by atoms with Gasteiger partial charge in [0.15, 0.2) is 0 Å². The van der Waals surface area contributed by atoms with Crippen LogP contribution in [-0.4, -0.2) is 22.7 Å². The number of nitrogens with zero attached hydrogens (tertiary/aromatic N) is 2. The molecule has 5 heteroatoms.